The van der Waals surface area contributed by atoms with Crippen LogP contribution in [-0.2, 0) is 17.9 Å². The number of ketones is 1. The lowest BCUT2D eigenvalue weighted by Crippen LogP contribution is -2.38. The molecule has 0 saturated heterocycles. The van der Waals surface area contributed by atoms with Gasteiger partial charge in [0.1, 0.15) is 5.75 Å². The molecule has 6 nitrogen and oxygen atoms in total. The highest BCUT2D eigenvalue weighted by molar-refractivity contribution is 5.98. The molecule has 0 atom stereocenters. The summed E-state index contributed by atoms with van der Waals surface area (Å²) in [5.41, 5.74) is 2.60. The van der Waals surface area contributed by atoms with Gasteiger partial charge in [0, 0.05) is 37.7 Å². The number of hydrogen-bond donors (Lipinski definition) is 0. The Labute approximate surface area is 147 Å². The van der Waals surface area contributed by atoms with Crippen LogP contribution < -0.4 is 4.74 Å². The zero-order valence-corrected chi connectivity index (χ0v) is 14.7. The van der Waals surface area contributed by atoms with Gasteiger partial charge < -0.3 is 14.2 Å². The molecule has 0 saturated carbocycles. The van der Waals surface area contributed by atoms with E-state index in [4.69, 9.17) is 4.74 Å². The van der Waals surface area contributed by atoms with Gasteiger partial charge in [-0.25, -0.2) is 4.98 Å². The number of hydrogen-bond acceptors (Lipinski definition) is 4. The Balaban J connectivity index is 1.55. The monoisotopic (exact) mass is 341 g/mol. The largest absolute Gasteiger partial charge is 0.494 e. The van der Waals surface area contributed by atoms with E-state index in [0.717, 1.165) is 23.6 Å². The van der Waals surface area contributed by atoms with Crippen LogP contribution in [0.3, 0.4) is 0 Å². The van der Waals surface area contributed by atoms with Crippen LogP contribution in [0.25, 0.3) is 0 Å². The van der Waals surface area contributed by atoms with Crippen LogP contribution in [0, 0.1) is 6.92 Å². The number of rotatable bonds is 6. The number of ether oxygens (including phenoxy) is 1. The molecule has 1 aromatic heterocycles. The highest BCUT2D eigenvalue weighted by Crippen LogP contribution is 2.20. The summed E-state index contributed by atoms with van der Waals surface area (Å²) in [4.78, 5) is 30.7. The molecule has 2 heterocycles. The maximum Gasteiger partial charge on any atom is 0.223 e. The van der Waals surface area contributed by atoms with Crippen LogP contribution in [0.5, 0.6) is 5.75 Å². The molecule has 6 heteroatoms. The molecule has 1 aromatic carbocycles. The lowest BCUT2D eigenvalue weighted by molar-refractivity contribution is -0.132. The highest BCUT2D eigenvalue weighted by atomic mass is 16.5. The number of amides is 1. The second kappa shape index (κ2) is 7.51. The number of aryl methyl sites for hydroxylation is 1. The lowest BCUT2D eigenvalue weighted by Gasteiger charge is -2.28. The van der Waals surface area contributed by atoms with Crippen molar-refractivity contribution in [3.8, 4) is 5.75 Å². The normalized spacial score (nSPS) is 13.4. The smallest absolute Gasteiger partial charge is 0.223 e. The molecule has 25 heavy (non-hydrogen) atoms. The highest BCUT2D eigenvalue weighted by Gasteiger charge is 2.21. The summed E-state index contributed by atoms with van der Waals surface area (Å²) in [7, 11) is 0. The Morgan fingerprint density at radius 1 is 1.24 bits per heavy atom. The SMILES string of the molecule is CCOc1ccc(C(=O)CCC(=O)N2CCn3cncc3C2)cc1C. The van der Waals surface area contributed by atoms with Crippen LogP contribution in [0.4, 0.5) is 0 Å². The second-order valence-corrected chi connectivity index (χ2v) is 6.23. The molecule has 0 fully saturated rings. The fourth-order valence-corrected chi connectivity index (χ4v) is 3.06. The maximum atomic E-state index is 12.4. The summed E-state index contributed by atoms with van der Waals surface area (Å²) in [5.74, 6) is 0.796. The van der Waals surface area contributed by atoms with E-state index in [2.05, 4.69) is 9.55 Å². The summed E-state index contributed by atoms with van der Waals surface area (Å²) in [6.45, 7) is 6.43. The predicted octanol–water partition coefficient (Wildman–Crippen LogP) is 2.60. The van der Waals surface area contributed by atoms with Crippen LogP contribution in [0.2, 0.25) is 0 Å². The van der Waals surface area contributed by atoms with Crippen molar-refractivity contribution in [3.63, 3.8) is 0 Å². The maximum absolute atomic E-state index is 12.4. The average molecular weight is 341 g/mol. The molecule has 0 bridgehead atoms. The van der Waals surface area contributed by atoms with Gasteiger partial charge in [0.25, 0.3) is 0 Å². The van der Waals surface area contributed by atoms with Gasteiger partial charge >= 0.3 is 0 Å². The summed E-state index contributed by atoms with van der Waals surface area (Å²) in [5, 5.41) is 0. The first kappa shape index (κ1) is 17.2. The van der Waals surface area contributed by atoms with E-state index in [-0.39, 0.29) is 24.5 Å². The minimum Gasteiger partial charge on any atom is -0.494 e. The standard InChI is InChI=1S/C19H23N3O3/c1-3-25-18-6-4-15(10-14(18)2)17(23)5-7-19(24)21-8-9-22-13-20-11-16(22)12-21/h4,6,10-11,13H,3,5,7-9,12H2,1-2H3. The van der Waals surface area contributed by atoms with Crippen molar-refractivity contribution < 1.29 is 14.3 Å². The van der Waals surface area contributed by atoms with E-state index in [0.29, 0.717) is 25.3 Å². The van der Waals surface area contributed by atoms with Gasteiger partial charge in [0.15, 0.2) is 5.78 Å². The topological polar surface area (TPSA) is 64.4 Å². The van der Waals surface area contributed by atoms with E-state index < -0.39 is 0 Å². The van der Waals surface area contributed by atoms with Gasteiger partial charge in [-0.3, -0.25) is 9.59 Å². The van der Waals surface area contributed by atoms with Crippen LogP contribution in [0.15, 0.2) is 30.7 Å². The fourth-order valence-electron chi connectivity index (χ4n) is 3.06. The van der Waals surface area contributed by atoms with Crippen molar-refractivity contribution in [2.75, 3.05) is 13.2 Å². The van der Waals surface area contributed by atoms with Gasteiger partial charge in [-0.1, -0.05) is 0 Å². The van der Waals surface area contributed by atoms with Gasteiger partial charge in [-0.2, -0.15) is 0 Å². The van der Waals surface area contributed by atoms with Crippen LogP contribution >= 0.6 is 0 Å². The van der Waals surface area contributed by atoms with Crippen molar-refractivity contribution in [2.24, 2.45) is 0 Å². The van der Waals surface area contributed by atoms with E-state index in [9.17, 15) is 9.59 Å². The Hall–Kier alpha value is -2.63. The van der Waals surface area contributed by atoms with Crippen molar-refractivity contribution in [1.29, 1.82) is 0 Å². The second-order valence-electron chi connectivity index (χ2n) is 6.23. The van der Waals surface area contributed by atoms with E-state index in [1.54, 1.807) is 23.5 Å². The molecule has 1 aliphatic heterocycles. The minimum absolute atomic E-state index is 0.0125. The molecule has 1 aliphatic rings. The van der Waals surface area contributed by atoms with Gasteiger partial charge in [-0.05, 0) is 37.6 Å². The Morgan fingerprint density at radius 2 is 2.08 bits per heavy atom. The van der Waals surface area contributed by atoms with E-state index >= 15 is 0 Å². The van der Waals surface area contributed by atoms with Crippen molar-refractivity contribution in [1.82, 2.24) is 14.5 Å². The molecule has 0 radical (unpaired) electrons. The average Bonchev–Trinajstić information content (AvgIpc) is 3.09. The van der Waals surface area contributed by atoms with Crippen molar-refractivity contribution in [2.45, 2.75) is 39.8 Å². The summed E-state index contributed by atoms with van der Waals surface area (Å²) in [6, 6.07) is 5.42. The third kappa shape index (κ3) is 3.90. The Bertz CT molecular complexity index is 782. The first-order valence-corrected chi connectivity index (χ1v) is 8.62. The predicted molar refractivity (Wildman–Crippen MR) is 93.6 cm³/mol. The number of carbonyl (C=O) groups is 2. The third-order valence-electron chi connectivity index (χ3n) is 4.48. The number of benzene rings is 1. The molecule has 0 N–H and O–H groups in total. The molecule has 132 valence electrons. The number of aromatic nitrogens is 2. The molecule has 0 unspecified atom stereocenters. The minimum atomic E-state index is -0.0125. The zero-order valence-electron chi connectivity index (χ0n) is 14.7. The molecule has 3 rings (SSSR count). The molecular weight excluding hydrogens is 318 g/mol. The lowest BCUT2D eigenvalue weighted by atomic mass is 10.0. The first-order valence-electron chi connectivity index (χ1n) is 8.62. The van der Waals surface area contributed by atoms with Gasteiger partial charge in [-0.15, -0.1) is 0 Å². The number of imidazole rings is 1. The number of nitrogens with zero attached hydrogens (tertiary/aromatic N) is 3. The molecule has 0 aliphatic carbocycles. The summed E-state index contributed by atoms with van der Waals surface area (Å²) < 4.78 is 7.54. The number of Topliss-reactive ketones (excluding diaryl/α,β-unsaturated/α-hetero) is 1. The summed E-state index contributed by atoms with van der Waals surface area (Å²) in [6.07, 6.45) is 4.03. The van der Waals surface area contributed by atoms with Crippen molar-refractivity contribution in [3.05, 3.63) is 47.5 Å². The Morgan fingerprint density at radius 3 is 2.84 bits per heavy atom. The Kier molecular flexibility index (Phi) is 5.16. The quantitative estimate of drug-likeness (QED) is 0.758. The molecule has 1 amide bonds. The van der Waals surface area contributed by atoms with Gasteiger partial charge in [0.2, 0.25) is 5.91 Å². The zero-order chi connectivity index (χ0) is 17.8. The van der Waals surface area contributed by atoms with Crippen LogP contribution in [0.1, 0.15) is 41.4 Å². The van der Waals surface area contributed by atoms with E-state index in [1.165, 1.54) is 0 Å². The summed E-state index contributed by atoms with van der Waals surface area (Å²) >= 11 is 0. The van der Waals surface area contributed by atoms with Crippen molar-refractivity contribution >= 4 is 11.7 Å². The molecule has 2 aromatic rings. The molecule has 0 spiro atoms. The number of fused-ring (bicyclic) bond motifs is 1. The third-order valence-corrected chi connectivity index (χ3v) is 4.48. The fraction of sp³-hybridized carbons (Fsp3) is 0.421. The number of carbonyl (C=O) groups excluding carboxylic acids is 2. The van der Waals surface area contributed by atoms with Crippen LogP contribution in [-0.4, -0.2) is 39.3 Å². The van der Waals surface area contributed by atoms with Gasteiger partial charge in [0.05, 0.1) is 25.2 Å². The van der Waals surface area contributed by atoms with E-state index in [1.807, 2.05) is 26.0 Å². The molecular formula is C19H23N3O3. The first-order chi connectivity index (χ1) is 12.1.